The maximum Gasteiger partial charge on any atom is 0.362 e. The standard InChI is InChI=1S/C22H18N4O5S/c1-2-30-21(29)20-16(12-19(28)26(25-20)14-8-4-3-5-9-14)31-13-18(27)24-22-23-15-10-6-7-11-17(15)32-22/h3-12H,2,13H2,1H3,(H,23,24,27). The molecule has 2 aromatic carbocycles. The number of rotatable bonds is 7. The molecule has 0 radical (unpaired) electrons. The Balaban J connectivity index is 1.55. The summed E-state index contributed by atoms with van der Waals surface area (Å²) in [6.45, 7) is 1.32. The van der Waals surface area contributed by atoms with Crippen molar-refractivity contribution in [1.29, 1.82) is 0 Å². The highest BCUT2D eigenvalue weighted by Crippen LogP contribution is 2.25. The lowest BCUT2D eigenvalue weighted by Gasteiger charge is -2.12. The van der Waals surface area contributed by atoms with Gasteiger partial charge in [-0.1, -0.05) is 41.7 Å². The molecule has 4 rings (SSSR count). The van der Waals surface area contributed by atoms with Crippen molar-refractivity contribution in [3.8, 4) is 11.4 Å². The summed E-state index contributed by atoms with van der Waals surface area (Å²) in [4.78, 5) is 41.7. The molecule has 4 aromatic rings. The summed E-state index contributed by atoms with van der Waals surface area (Å²) in [7, 11) is 0. The van der Waals surface area contributed by atoms with Gasteiger partial charge in [-0.2, -0.15) is 9.78 Å². The summed E-state index contributed by atoms with van der Waals surface area (Å²) >= 11 is 1.33. The highest BCUT2D eigenvalue weighted by Gasteiger charge is 2.21. The van der Waals surface area contributed by atoms with E-state index in [1.807, 2.05) is 24.3 Å². The Morgan fingerprint density at radius 2 is 1.84 bits per heavy atom. The van der Waals surface area contributed by atoms with Gasteiger partial charge in [-0.3, -0.25) is 14.9 Å². The first-order valence-electron chi connectivity index (χ1n) is 9.70. The number of benzene rings is 2. The van der Waals surface area contributed by atoms with Crippen LogP contribution >= 0.6 is 11.3 Å². The Kier molecular flexibility index (Phi) is 6.22. The number of nitrogens with zero attached hydrogens (tertiary/aromatic N) is 3. The molecule has 2 aromatic heterocycles. The fourth-order valence-electron chi connectivity index (χ4n) is 2.87. The Hall–Kier alpha value is -4.05. The van der Waals surface area contributed by atoms with Crippen molar-refractivity contribution in [3.05, 3.63) is 76.7 Å². The molecule has 32 heavy (non-hydrogen) atoms. The Bertz CT molecular complexity index is 1300. The smallest absolute Gasteiger partial charge is 0.362 e. The van der Waals surface area contributed by atoms with E-state index >= 15 is 0 Å². The number of nitrogens with one attached hydrogen (secondary N) is 1. The number of carbonyl (C=O) groups is 2. The molecule has 0 aliphatic heterocycles. The number of aromatic nitrogens is 3. The highest BCUT2D eigenvalue weighted by molar-refractivity contribution is 7.22. The molecule has 1 N–H and O–H groups in total. The van der Waals surface area contributed by atoms with Crippen molar-refractivity contribution in [2.24, 2.45) is 0 Å². The van der Waals surface area contributed by atoms with Crippen molar-refractivity contribution < 1.29 is 19.1 Å². The fraction of sp³-hybridized carbons (Fsp3) is 0.136. The first-order chi connectivity index (χ1) is 15.5. The van der Waals surface area contributed by atoms with Crippen LogP contribution < -0.4 is 15.6 Å². The predicted octanol–water partition coefficient (Wildman–Crippen LogP) is 3.04. The molecule has 0 spiro atoms. The molecule has 0 atom stereocenters. The van der Waals surface area contributed by atoms with Gasteiger partial charge >= 0.3 is 5.97 Å². The molecule has 1 amide bonds. The van der Waals surface area contributed by atoms with E-state index in [0.717, 1.165) is 21.0 Å². The minimum atomic E-state index is -0.765. The van der Waals surface area contributed by atoms with Gasteiger partial charge in [0.25, 0.3) is 11.5 Å². The third-order valence-electron chi connectivity index (χ3n) is 4.27. The number of hydrogen-bond donors (Lipinski definition) is 1. The monoisotopic (exact) mass is 450 g/mol. The molecule has 9 nitrogen and oxygen atoms in total. The average molecular weight is 450 g/mol. The second-order valence-electron chi connectivity index (χ2n) is 6.49. The normalized spacial score (nSPS) is 10.7. The van der Waals surface area contributed by atoms with Crippen molar-refractivity contribution >= 4 is 38.6 Å². The van der Waals surface area contributed by atoms with Crippen LogP contribution in [0.25, 0.3) is 15.9 Å². The van der Waals surface area contributed by atoms with Gasteiger partial charge in [0.2, 0.25) is 5.69 Å². The number of esters is 1. The topological polar surface area (TPSA) is 112 Å². The van der Waals surface area contributed by atoms with E-state index in [1.54, 1.807) is 37.3 Å². The summed E-state index contributed by atoms with van der Waals surface area (Å²) < 4.78 is 12.5. The molecule has 0 saturated heterocycles. The number of para-hydroxylation sites is 2. The molecular weight excluding hydrogens is 432 g/mol. The van der Waals surface area contributed by atoms with Gasteiger partial charge in [0.05, 0.1) is 28.6 Å². The second-order valence-corrected chi connectivity index (χ2v) is 7.52. The number of anilines is 1. The van der Waals surface area contributed by atoms with Gasteiger partial charge in [0.15, 0.2) is 17.5 Å². The van der Waals surface area contributed by atoms with Crippen LogP contribution in [0, 0.1) is 0 Å². The van der Waals surface area contributed by atoms with Crippen LogP contribution in [-0.4, -0.2) is 39.9 Å². The largest absolute Gasteiger partial charge is 0.481 e. The molecule has 0 fully saturated rings. The van der Waals surface area contributed by atoms with E-state index in [0.29, 0.717) is 10.8 Å². The van der Waals surface area contributed by atoms with Gasteiger partial charge in [-0.05, 0) is 31.2 Å². The van der Waals surface area contributed by atoms with Gasteiger partial charge < -0.3 is 9.47 Å². The molecule has 0 aliphatic carbocycles. The van der Waals surface area contributed by atoms with Crippen LogP contribution in [0.15, 0.2) is 65.5 Å². The zero-order chi connectivity index (χ0) is 22.5. The number of amides is 1. The van der Waals surface area contributed by atoms with Crippen LogP contribution in [0.5, 0.6) is 5.75 Å². The fourth-order valence-corrected chi connectivity index (χ4v) is 3.75. The van der Waals surface area contributed by atoms with E-state index in [-0.39, 0.29) is 18.1 Å². The first-order valence-corrected chi connectivity index (χ1v) is 10.5. The summed E-state index contributed by atoms with van der Waals surface area (Å²) in [6.07, 6.45) is 0. The number of carbonyl (C=O) groups excluding carboxylic acids is 2. The lowest BCUT2D eigenvalue weighted by molar-refractivity contribution is -0.118. The maximum absolute atomic E-state index is 12.6. The lowest BCUT2D eigenvalue weighted by atomic mass is 10.3. The number of hydrogen-bond acceptors (Lipinski definition) is 8. The lowest BCUT2D eigenvalue weighted by Crippen LogP contribution is -2.27. The third-order valence-corrected chi connectivity index (χ3v) is 5.22. The quantitative estimate of drug-likeness (QED) is 0.431. The molecular formula is C22H18N4O5S. The summed E-state index contributed by atoms with van der Waals surface area (Å²) in [5.74, 6) is -1.40. The SMILES string of the molecule is CCOC(=O)c1nn(-c2ccccc2)c(=O)cc1OCC(=O)Nc1nc2ccccc2s1. The van der Waals surface area contributed by atoms with Crippen LogP contribution in [0.1, 0.15) is 17.4 Å². The van der Waals surface area contributed by atoms with Crippen LogP contribution in [0.3, 0.4) is 0 Å². The number of thiazole rings is 1. The second kappa shape index (κ2) is 9.40. The van der Waals surface area contributed by atoms with Crippen LogP contribution in [0.4, 0.5) is 5.13 Å². The maximum atomic E-state index is 12.6. The van der Waals surface area contributed by atoms with Gasteiger partial charge in [-0.15, -0.1) is 0 Å². The number of fused-ring (bicyclic) bond motifs is 1. The summed E-state index contributed by atoms with van der Waals surface area (Å²) in [6, 6.07) is 17.2. The Morgan fingerprint density at radius 3 is 2.59 bits per heavy atom. The molecule has 10 heteroatoms. The highest BCUT2D eigenvalue weighted by atomic mass is 32.1. The first kappa shape index (κ1) is 21.2. The van der Waals surface area contributed by atoms with E-state index in [1.165, 1.54) is 11.3 Å². The summed E-state index contributed by atoms with van der Waals surface area (Å²) in [5.41, 5.74) is 0.518. The van der Waals surface area contributed by atoms with E-state index in [2.05, 4.69) is 15.4 Å². The van der Waals surface area contributed by atoms with E-state index in [9.17, 15) is 14.4 Å². The van der Waals surface area contributed by atoms with Gasteiger partial charge in [-0.25, -0.2) is 9.78 Å². The average Bonchev–Trinajstić information content (AvgIpc) is 3.20. The van der Waals surface area contributed by atoms with Crippen molar-refractivity contribution in [1.82, 2.24) is 14.8 Å². The third kappa shape index (κ3) is 4.65. The van der Waals surface area contributed by atoms with Crippen molar-refractivity contribution in [2.45, 2.75) is 6.92 Å². The molecule has 0 unspecified atom stereocenters. The van der Waals surface area contributed by atoms with Gasteiger partial charge in [0.1, 0.15) is 0 Å². The summed E-state index contributed by atoms with van der Waals surface area (Å²) in [5, 5.41) is 7.18. The van der Waals surface area contributed by atoms with E-state index in [4.69, 9.17) is 9.47 Å². The van der Waals surface area contributed by atoms with Gasteiger partial charge in [0, 0.05) is 0 Å². The zero-order valence-electron chi connectivity index (χ0n) is 17.0. The molecule has 0 aliphatic rings. The van der Waals surface area contributed by atoms with Crippen molar-refractivity contribution in [3.63, 3.8) is 0 Å². The zero-order valence-corrected chi connectivity index (χ0v) is 17.8. The van der Waals surface area contributed by atoms with Crippen LogP contribution in [0.2, 0.25) is 0 Å². The minimum absolute atomic E-state index is 0.114. The molecule has 0 bridgehead atoms. The Morgan fingerprint density at radius 1 is 1.09 bits per heavy atom. The molecule has 162 valence electrons. The molecule has 2 heterocycles. The predicted molar refractivity (Wildman–Crippen MR) is 120 cm³/mol. The molecule has 0 saturated carbocycles. The number of ether oxygens (including phenoxy) is 2. The van der Waals surface area contributed by atoms with E-state index < -0.39 is 24.0 Å². The minimum Gasteiger partial charge on any atom is -0.481 e. The van der Waals surface area contributed by atoms with Crippen LogP contribution in [-0.2, 0) is 9.53 Å². The van der Waals surface area contributed by atoms with Crippen molar-refractivity contribution in [2.75, 3.05) is 18.5 Å². The Labute approximate surface area is 186 Å².